The lowest BCUT2D eigenvalue weighted by Gasteiger charge is -2.03. The van der Waals surface area contributed by atoms with Gasteiger partial charge in [0, 0.05) is 6.08 Å². The molecule has 0 amide bonds. The van der Waals surface area contributed by atoms with Gasteiger partial charge in [-0.3, -0.25) is 0 Å². The van der Waals surface area contributed by atoms with Crippen molar-refractivity contribution in [2.75, 3.05) is 0 Å². The first kappa shape index (κ1) is 9.68. The zero-order chi connectivity index (χ0) is 8.85. The Morgan fingerprint density at radius 2 is 1.91 bits per heavy atom. The van der Waals surface area contributed by atoms with Crippen LogP contribution in [-0.2, 0) is 14.3 Å². The minimum atomic E-state index is -1.41. The highest BCUT2D eigenvalue weighted by atomic mass is 16.5. The van der Waals surface area contributed by atoms with Crippen molar-refractivity contribution in [3.05, 3.63) is 12.2 Å². The average Bonchev–Trinajstić information content (AvgIpc) is 1.82. The quantitative estimate of drug-likeness (QED) is 0.399. The largest absolute Gasteiger partial charge is 0.545 e. The van der Waals surface area contributed by atoms with E-state index in [1.165, 1.54) is 0 Å². The summed E-state index contributed by atoms with van der Waals surface area (Å²) in [7, 11) is 0. The number of esters is 1. The second kappa shape index (κ2) is 4.49. The van der Waals surface area contributed by atoms with E-state index in [9.17, 15) is 14.7 Å². The molecule has 0 N–H and O–H groups in total. The number of carboxylic acid groups (broad SMARTS) is 1. The number of carbonyl (C=O) groups excluding carboxylic acids is 2. The molecule has 0 fully saturated rings. The topological polar surface area (TPSA) is 66.4 Å². The standard InChI is InChI=1S/C7H10O4/c1-5(2)11-7(10)4-3-6(8)9/h3-5H,1-2H3,(H,8,9)/p-1/b4-3+. The molecular formula is C7H9O4-. The fourth-order valence-electron chi connectivity index (χ4n) is 0.408. The van der Waals surface area contributed by atoms with Crippen LogP contribution in [0.5, 0.6) is 0 Å². The monoisotopic (exact) mass is 157 g/mol. The summed E-state index contributed by atoms with van der Waals surface area (Å²) in [5.41, 5.74) is 0. The molecule has 11 heavy (non-hydrogen) atoms. The second-order valence-corrected chi connectivity index (χ2v) is 2.14. The van der Waals surface area contributed by atoms with E-state index in [-0.39, 0.29) is 6.10 Å². The first-order chi connectivity index (χ1) is 5.02. The highest BCUT2D eigenvalue weighted by molar-refractivity contribution is 5.89. The van der Waals surface area contributed by atoms with Crippen LogP contribution < -0.4 is 5.11 Å². The van der Waals surface area contributed by atoms with Gasteiger partial charge in [0.25, 0.3) is 0 Å². The zero-order valence-electron chi connectivity index (χ0n) is 6.37. The van der Waals surface area contributed by atoms with Crippen molar-refractivity contribution < 1.29 is 19.4 Å². The summed E-state index contributed by atoms with van der Waals surface area (Å²) >= 11 is 0. The third kappa shape index (κ3) is 6.57. The molecule has 0 aliphatic carbocycles. The summed E-state index contributed by atoms with van der Waals surface area (Å²) in [5, 5.41) is 9.78. The molecule has 0 saturated heterocycles. The zero-order valence-corrected chi connectivity index (χ0v) is 6.37. The van der Waals surface area contributed by atoms with Crippen molar-refractivity contribution in [3.63, 3.8) is 0 Å². The van der Waals surface area contributed by atoms with Gasteiger partial charge in [-0.1, -0.05) is 0 Å². The molecule has 0 unspecified atom stereocenters. The first-order valence-electron chi connectivity index (χ1n) is 3.12. The van der Waals surface area contributed by atoms with E-state index in [1.807, 2.05) is 0 Å². The molecule has 0 rings (SSSR count). The molecule has 0 spiro atoms. The molecule has 62 valence electrons. The number of ether oxygens (including phenoxy) is 1. The Kier molecular flexibility index (Phi) is 3.95. The predicted octanol–water partition coefficient (Wildman–Crippen LogP) is -0.756. The van der Waals surface area contributed by atoms with Crippen molar-refractivity contribution in [2.45, 2.75) is 20.0 Å². The maximum Gasteiger partial charge on any atom is 0.331 e. The smallest absolute Gasteiger partial charge is 0.331 e. The fraction of sp³-hybridized carbons (Fsp3) is 0.429. The lowest BCUT2D eigenvalue weighted by Crippen LogP contribution is -2.19. The molecule has 4 heteroatoms. The van der Waals surface area contributed by atoms with Crippen molar-refractivity contribution >= 4 is 11.9 Å². The normalized spacial score (nSPS) is 10.5. The van der Waals surface area contributed by atoms with Gasteiger partial charge in [-0.05, 0) is 19.9 Å². The molecular weight excluding hydrogens is 148 g/mol. The molecule has 0 bridgehead atoms. The highest BCUT2D eigenvalue weighted by Crippen LogP contribution is 1.89. The predicted molar refractivity (Wildman–Crippen MR) is 35.4 cm³/mol. The van der Waals surface area contributed by atoms with Crippen LogP contribution in [0.3, 0.4) is 0 Å². The Morgan fingerprint density at radius 1 is 1.36 bits per heavy atom. The van der Waals surface area contributed by atoms with Gasteiger partial charge in [0.05, 0.1) is 12.1 Å². The minimum absolute atomic E-state index is 0.242. The van der Waals surface area contributed by atoms with Gasteiger partial charge in [-0.25, -0.2) is 4.79 Å². The van der Waals surface area contributed by atoms with Gasteiger partial charge in [-0.15, -0.1) is 0 Å². The van der Waals surface area contributed by atoms with E-state index in [4.69, 9.17) is 0 Å². The van der Waals surface area contributed by atoms with Gasteiger partial charge in [0.15, 0.2) is 0 Å². The molecule has 0 aromatic rings. The summed E-state index contributed by atoms with van der Waals surface area (Å²) in [6.07, 6.45) is 1.20. The number of carboxylic acids is 1. The van der Waals surface area contributed by atoms with E-state index < -0.39 is 11.9 Å². The number of hydrogen-bond acceptors (Lipinski definition) is 4. The summed E-state index contributed by atoms with van der Waals surface area (Å²) in [4.78, 5) is 20.3. The Hall–Kier alpha value is -1.32. The molecule has 0 atom stereocenters. The molecule has 0 aromatic carbocycles. The lowest BCUT2D eigenvalue weighted by atomic mass is 10.4. The second-order valence-electron chi connectivity index (χ2n) is 2.14. The number of aliphatic carboxylic acids is 1. The minimum Gasteiger partial charge on any atom is -0.545 e. The van der Waals surface area contributed by atoms with Gasteiger partial charge < -0.3 is 14.6 Å². The van der Waals surface area contributed by atoms with E-state index in [1.54, 1.807) is 13.8 Å². The van der Waals surface area contributed by atoms with Gasteiger partial charge >= 0.3 is 5.97 Å². The Labute approximate surface area is 64.5 Å². The highest BCUT2D eigenvalue weighted by Gasteiger charge is 1.98. The molecule has 0 saturated carbocycles. The maximum absolute atomic E-state index is 10.6. The van der Waals surface area contributed by atoms with Crippen LogP contribution in [0, 0.1) is 0 Å². The number of rotatable bonds is 3. The fourth-order valence-corrected chi connectivity index (χ4v) is 0.408. The summed E-state index contributed by atoms with van der Waals surface area (Å²) < 4.78 is 4.58. The van der Waals surface area contributed by atoms with Gasteiger partial charge in [0.1, 0.15) is 0 Å². The SMILES string of the molecule is CC(C)OC(=O)/C=C/C(=O)[O-]. The first-order valence-corrected chi connectivity index (χ1v) is 3.12. The van der Waals surface area contributed by atoms with Gasteiger partial charge in [-0.2, -0.15) is 0 Å². The Morgan fingerprint density at radius 3 is 2.27 bits per heavy atom. The maximum atomic E-state index is 10.6. The molecule has 0 aliphatic rings. The van der Waals surface area contributed by atoms with E-state index >= 15 is 0 Å². The van der Waals surface area contributed by atoms with Crippen molar-refractivity contribution in [3.8, 4) is 0 Å². The summed E-state index contributed by atoms with van der Waals surface area (Å²) in [5.74, 6) is -2.09. The summed E-state index contributed by atoms with van der Waals surface area (Å²) in [6.45, 7) is 3.34. The molecule has 0 heterocycles. The number of hydrogen-bond donors (Lipinski definition) is 0. The molecule has 0 radical (unpaired) electrons. The summed E-state index contributed by atoms with van der Waals surface area (Å²) in [6, 6.07) is 0. The Bertz CT molecular complexity index is 181. The van der Waals surface area contributed by atoms with Crippen LogP contribution in [0.15, 0.2) is 12.2 Å². The van der Waals surface area contributed by atoms with Crippen LogP contribution >= 0.6 is 0 Å². The van der Waals surface area contributed by atoms with Crippen LogP contribution in [0.4, 0.5) is 0 Å². The van der Waals surface area contributed by atoms with Gasteiger partial charge in [0.2, 0.25) is 0 Å². The van der Waals surface area contributed by atoms with E-state index in [0.717, 1.165) is 6.08 Å². The van der Waals surface area contributed by atoms with Crippen LogP contribution in [-0.4, -0.2) is 18.0 Å². The third-order valence-electron chi connectivity index (χ3n) is 0.707. The number of carbonyl (C=O) groups is 2. The van der Waals surface area contributed by atoms with Crippen LogP contribution in [0.25, 0.3) is 0 Å². The third-order valence-corrected chi connectivity index (χ3v) is 0.707. The van der Waals surface area contributed by atoms with Crippen LogP contribution in [0.2, 0.25) is 0 Å². The lowest BCUT2D eigenvalue weighted by molar-refractivity contribution is -0.297. The molecule has 4 nitrogen and oxygen atoms in total. The van der Waals surface area contributed by atoms with Crippen molar-refractivity contribution in [1.29, 1.82) is 0 Å². The molecule has 0 aliphatic heterocycles. The van der Waals surface area contributed by atoms with Crippen LogP contribution in [0.1, 0.15) is 13.8 Å². The average molecular weight is 157 g/mol. The van der Waals surface area contributed by atoms with Crippen molar-refractivity contribution in [2.24, 2.45) is 0 Å². The van der Waals surface area contributed by atoms with E-state index in [2.05, 4.69) is 4.74 Å². The molecule has 0 aromatic heterocycles. The van der Waals surface area contributed by atoms with E-state index in [0.29, 0.717) is 6.08 Å². The van der Waals surface area contributed by atoms with Crippen molar-refractivity contribution in [1.82, 2.24) is 0 Å². The Balaban J connectivity index is 3.78.